The lowest BCUT2D eigenvalue weighted by Crippen LogP contribution is -2.37. The Morgan fingerprint density at radius 2 is 1.91 bits per heavy atom. The summed E-state index contributed by atoms with van der Waals surface area (Å²) in [6.45, 7) is 0.977. The van der Waals surface area contributed by atoms with Gasteiger partial charge in [0.05, 0.1) is 5.41 Å². The minimum atomic E-state index is -0.722. The molecule has 4 heteroatoms. The van der Waals surface area contributed by atoms with Crippen molar-refractivity contribution in [2.24, 2.45) is 11.3 Å². The van der Waals surface area contributed by atoms with E-state index in [-0.39, 0.29) is 11.8 Å². The first-order valence-electron chi connectivity index (χ1n) is 8.75. The van der Waals surface area contributed by atoms with Gasteiger partial charge in [0.25, 0.3) is 5.91 Å². The number of carboxylic acid groups (broad SMARTS) is 1. The van der Waals surface area contributed by atoms with E-state index in [2.05, 4.69) is 6.07 Å². The van der Waals surface area contributed by atoms with Crippen molar-refractivity contribution in [3.63, 3.8) is 0 Å². The fourth-order valence-electron chi connectivity index (χ4n) is 4.84. The standard InChI is InChI=1S/C19H23NO3/c21-17(15-8-7-13-4-1-2-5-14(13)10-15)20-11-16-6-3-9-19(16,12-20)18(22)23/h7-8,10,16H,1-6,9,11-12H2,(H,22,23)/t16-,19+/m0/s1. The smallest absolute Gasteiger partial charge is 0.311 e. The molecule has 23 heavy (non-hydrogen) atoms. The third kappa shape index (κ3) is 2.27. The van der Waals surface area contributed by atoms with Crippen LogP contribution in [-0.2, 0) is 17.6 Å². The zero-order valence-corrected chi connectivity index (χ0v) is 13.4. The topological polar surface area (TPSA) is 57.6 Å². The molecule has 1 amide bonds. The van der Waals surface area contributed by atoms with Crippen molar-refractivity contribution in [2.45, 2.75) is 44.9 Å². The Balaban J connectivity index is 1.57. The largest absolute Gasteiger partial charge is 0.481 e. The molecule has 2 atom stereocenters. The molecule has 122 valence electrons. The Bertz CT molecular complexity index is 669. The zero-order valence-electron chi connectivity index (χ0n) is 13.4. The molecule has 2 fully saturated rings. The monoisotopic (exact) mass is 313 g/mol. The molecule has 1 saturated carbocycles. The first kappa shape index (κ1) is 14.7. The molecule has 1 heterocycles. The second kappa shape index (κ2) is 5.36. The Kier molecular flexibility index (Phi) is 3.43. The summed E-state index contributed by atoms with van der Waals surface area (Å²) in [7, 11) is 0. The third-order valence-corrected chi connectivity index (χ3v) is 6.18. The van der Waals surface area contributed by atoms with E-state index in [4.69, 9.17) is 0 Å². The van der Waals surface area contributed by atoms with Crippen LogP contribution in [0.15, 0.2) is 18.2 Å². The van der Waals surface area contributed by atoms with E-state index < -0.39 is 11.4 Å². The number of hydrogen-bond acceptors (Lipinski definition) is 2. The number of amides is 1. The van der Waals surface area contributed by atoms with Crippen molar-refractivity contribution in [2.75, 3.05) is 13.1 Å². The van der Waals surface area contributed by atoms with Crippen LogP contribution in [0.1, 0.15) is 53.6 Å². The van der Waals surface area contributed by atoms with E-state index in [1.165, 1.54) is 24.0 Å². The van der Waals surface area contributed by atoms with Crippen molar-refractivity contribution in [3.05, 3.63) is 34.9 Å². The van der Waals surface area contributed by atoms with Gasteiger partial charge < -0.3 is 10.0 Å². The van der Waals surface area contributed by atoms with Gasteiger partial charge in [0.15, 0.2) is 0 Å². The summed E-state index contributed by atoms with van der Waals surface area (Å²) >= 11 is 0. The number of fused-ring (bicyclic) bond motifs is 2. The number of likely N-dealkylation sites (tertiary alicyclic amines) is 1. The van der Waals surface area contributed by atoms with Crippen molar-refractivity contribution in [1.82, 2.24) is 4.90 Å². The van der Waals surface area contributed by atoms with Crippen LogP contribution in [0, 0.1) is 11.3 Å². The molecule has 1 aromatic rings. The van der Waals surface area contributed by atoms with E-state index in [1.54, 1.807) is 4.90 Å². The van der Waals surface area contributed by atoms with Gasteiger partial charge in [-0.15, -0.1) is 0 Å². The molecule has 0 unspecified atom stereocenters. The van der Waals surface area contributed by atoms with E-state index in [0.29, 0.717) is 19.5 Å². The molecular formula is C19H23NO3. The summed E-state index contributed by atoms with van der Waals surface area (Å²) in [5, 5.41) is 9.66. The summed E-state index contributed by atoms with van der Waals surface area (Å²) in [4.78, 5) is 26.4. The maximum atomic E-state index is 12.9. The Morgan fingerprint density at radius 3 is 2.65 bits per heavy atom. The van der Waals surface area contributed by atoms with Crippen LogP contribution in [0.25, 0.3) is 0 Å². The lowest BCUT2D eigenvalue weighted by molar-refractivity contribution is -0.149. The van der Waals surface area contributed by atoms with Crippen molar-refractivity contribution < 1.29 is 14.7 Å². The summed E-state index contributed by atoms with van der Waals surface area (Å²) in [6, 6.07) is 6.05. The molecule has 1 N–H and O–H groups in total. The number of carbonyl (C=O) groups excluding carboxylic acids is 1. The van der Waals surface area contributed by atoms with Gasteiger partial charge in [-0.3, -0.25) is 9.59 Å². The van der Waals surface area contributed by atoms with Crippen molar-refractivity contribution in [1.29, 1.82) is 0 Å². The highest BCUT2D eigenvalue weighted by atomic mass is 16.4. The molecule has 1 aliphatic heterocycles. The summed E-state index contributed by atoms with van der Waals surface area (Å²) in [6.07, 6.45) is 7.20. The second-order valence-corrected chi connectivity index (χ2v) is 7.43. The van der Waals surface area contributed by atoms with E-state index in [0.717, 1.165) is 31.2 Å². The molecule has 1 aromatic carbocycles. The van der Waals surface area contributed by atoms with Crippen LogP contribution in [0.5, 0.6) is 0 Å². The van der Waals surface area contributed by atoms with Crippen LogP contribution in [0.4, 0.5) is 0 Å². The number of aryl methyl sites for hydroxylation is 2. The van der Waals surface area contributed by atoms with Crippen LogP contribution in [-0.4, -0.2) is 35.0 Å². The fraction of sp³-hybridized carbons (Fsp3) is 0.579. The van der Waals surface area contributed by atoms with Crippen molar-refractivity contribution in [3.8, 4) is 0 Å². The zero-order chi connectivity index (χ0) is 16.0. The van der Waals surface area contributed by atoms with Crippen LogP contribution >= 0.6 is 0 Å². The number of hydrogen-bond donors (Lipinski definition) is 1. The molecule has 4 nitrogen and oxygen atoms in total. The lowest BCUT2D eigenvalue weighted by atomic mass is 9.81. The Labute approximate surface area is 136 Å². The summed E-state index contributed by atoms with van der Waals surface area (Å²) in [5.74, 6) is -0.587. The number of carboxylic acids is 1. The molecule has 4 rings (SSSR count). The van der Waals surface area contributed by atoms with E-state index >= 15 is 0 Å². The van der Waals surface area contributed by atoms with E-state index in [1.807, 2.05) is 12.1 Å². The molecule has 3 aliphatic rings. The highest BCUT2D eigenvalue weighted by Crippen LogP contribution is 2.49. The van der Waals surface area contributed by atoms with Gasteiger partial charge in [-0.25, -0.2) is 0 Å². The molecule has 1 saturated heterocycles. The normalized spacial score (nSPS) is 29.2. The molecule has 2 aliphatic carbocycles. The summed E-state index contributed by atoms with van der Waals surface area (Å²) in [5.41, 5.74) is 2.71. The fourth-order valence-corrected chi connectivity index (χ4v) is 4.84. The van der Waals surface area contributed by atoms with Crippen LogP contribution < -0.4 is 0 Å². The number of aliphatic carboxylic acids is 1. The Morgan fingerprint density at radius 1 is 1.13 bits per heavy atom. The first-order valence-corrected chi connectivity index (χ1v) is 8.75. The first-order chi connectivity index (χ1) is 11.1. The predicted molar refractivity (Wildman–Crippen MR) is 86.4 cm³/mol. The molecule has 0 spiro atoms. The van der Waals surface area contributed by atoms with Crippen LogP contribution in [0.3, 0.4) is 0 Å². The number of nitrogens with zero attached hydrogens (tertiary/aromatic N) is 1. The molecule has 0 aromatic heterocycles. The maximum absolute atomic E-state index is 12.9. The lowest BCUT2D eigenvalue weighted by Gasteiger charge is -2.23. The highest BCUT2D eigenvalue weighted by Gasteiger charge is 2.55. The predicted octanol–water partition coefficient (Wildman–Crippen LogP) is 2.89. The Hall–Kier alpha value is -1.84. The van der Waals surface area contributed by atoms with Gasteiger partial charge in [-0.1, -0.05) is 12.5 Å². The number of benzene rings is 1. The van der Waals surface area contributed by atoms with Gasteiger partial charge in [-0.2, -0.15) is 0 Å². The average Bonchev–Trinajstić information content (AvgIpc) is 3.12. The minimum Gasteiger partial charge on any atom is -0.481 e. The number of rotatable bonds is 2. The average molecular weight is 313 g/mol. The van der Waals surface area contributed by atoms with Crippen LogP contribution in [0.2, 0.25) is 0 Å². The third-order valence-electron chi connectivity index (χ3n) is 6.18. The molecule has 0 bridgehead atoms. The van der Waals surface area contributed by atoms with Gasteiger partial charge in [0.2, 0.25) is 0 Å². The van der Waals surface area contributed by atoms with Gasteiger partial charge in [-0.05, 0) is 67.7 Å². The number of carbonyl (C=O) groups is 2. The minimum absolute atomic E-state index is 0.00778. The quantitative estimate of drug-likeness (QED) is 0.913. The van der Waals surface area contributed by atoms with Gasteiger partial charge in [0.1, 0.15) is 0 Å². The second-order valence-electron chi connectivity index (χ2n) is 7.43. The summed E-state index contributed by atoms with van der Waals surface area (Å²) < 4.78 is 0. The highest BCUT2D eigenvalue weighted by molar-refractivity contribution is 5.95. The van der Waals surface area contributed by atoms with Crippen molar-refractivity contribution >= 4 is 11.9 Å². The van der Waals surface area contributed by atoms with Gasteiger partial charge >= 0.3 is 5.97 Å². The maximum Gasteiger partial charge on any atom is 0.311 e. The van der Waals surface area contributed by atoms with E-state index in [9.17, 15) is 14.7 Å². The molecular weight excluding hydrogens is 290 g/mol. The van der Waals surface area contributed by atoms with Gasteiger partial charge in [0, 0.05) is 18.7 Å². The SMILES string of the molecule is O=C(c1ccc2c(c1)CCCC2)N1C[C@@H]2CCC[C@@]2(C(=O)O)C1. The molecule has 0 radical (unpaired) electrons.